The lowest BCUT2D eigenvalue weighted by Gasteiger charge is -2.36. The first kappa shape index (κ1) is 39.9. The molecule has 3 N–H and O–H groups in total. The van der Waals surface area contributed by atoms with Gasteiger partial charge in [0.25, 0.3) is 11.8 Å². The van der Waals surface area contributed by atoms with E-state index in [9.17, 15) is 14.7 Å². The zero-order chi connectivity index (χ0) is 42.3. The lowest BCUT2D eigenvalue weighted by atomic mass is 10.1. The minimum absolute atomic E-state index is 0.0196. The fourth-order valence-corrected chi connectivity index (χ4v) is 7.71. The second-order valence-corrected chi connectivity index (χ2v) is 15.2. The number of para-hydroxylation sites is 6. The molecule has 0 saturated carbocycles. The third-order valence-corrected chi connectivity index (χ3v) is 10.9. The van der Waals surface area contributed by atoms with Crippen LogP contribution in [0.2, 0.25) is 0 Å². The van der Waals surface area contributed by atoms with Crippen molar-refractivity contribution in [2.24, 2.45) is 0 Å². The van der Waals surface area contributed by atoms with Crippen LogP contribution in [0.25, 0.3) is 11.4 Å². The van der Waals surface area contributed by atoms with Crippen molar-refractivity contribution in [2.45, 2.75) is 37.8 Å². The fourth-order valence-electron chi connectivity index (χ4n) is 7.71. The summed E-state index contributed by atoms with van der Waals surface area (Å²) in [6, 6.07) is 42.6. The second-order valence-electron chi connectivity index (χ2n) is 15.2. The summed E-state index contributed by atoms with van der Waals surface area (Å²) in [6.07, 6.45) is 6.92. The Morgan fingerprint density at radius 2 is 1.15 bits per heavy atom. The fraction of sp³-hybridized carbons (Fsp3) is 0.208. The Morgan fingerprint density at radius 3 is 1.65 bits per heavy atom. The van der Waals surface area contributed by atoms with Gasteiger partial charge in [0, 0.05) is 44.5 Å². The third-order valence-electron chi connectivity index (χ3n) is 10.9. The zero-order valence-corrected chi connectivity index (χ0v) is 33.9. The molecule has 3 atom stereocenters. The number of carbonyl (C=O) groups excluding carboxylic acids is 2. The second kappa shape index (κ2) is 18.4. The molecule has 7 aromatic rings. The quantitative estimate of drug-likeness (QED) is 0.130. The molecule has 0 bridgehead atoms. The van der Waals surface area contributed by atoms with E-state index in [2.05, 4.69) is 67.0 Å². The van der Waals surface area contributed by atoms with E-state index in [4.69, 9.17) is 14.2 Å². The summed E-state index contributed by atoms with van der Waals surface area (Å²) in [5.74, 6) is 1.02. The number of fused-ring (bicyclic) bond motifs is 2. The molecule has 62 heavy (non-hydrogen) atoms. The highest BCUT2D eigenvalue weighted by atomic mass is 16.5. The van der Waals surface area contributed by atoms with Gasteiger partial charge in [-0.05, 0) is 90.3 Å². The largest absolute Gasteiger partial charge is 0.506 e. The molecule has 5 heterocycles. The molecule has 2 amide bonds. The van der Waals surface area contributed by atoms with Crippen LogP contribution in [0.5, 0.6) is 17.2 Å². The van der Waals surface area contributed by atoms with Crippen molar-refractivity contribution in [3.63, 3.8) is 0 Å². The Balaban J connectivity index is 0.000000158. The van der Waals surface area contributed by atoms with Crippen molar-refractivity contribution in [1.82, 2.24) is 24.9 Å². The van der Waals surface area contributed by atoms with Gasteiger partial charge in [-0.1, -0.05) is 60.7 Å². The Kier molecular flexibility index (Phi) is 11.8. The first-order valence-electron chi connectivity index (χ1n) is 20.6. The molecule has 14 nitrogen and oxygen atoms in total. The maximum atomic E-state index is 12.9. The molecule has 14 heteroatoms. The number of carbonyl (C=O) groups is 2. The summed E-state index contributed by atoms with van der Waals surface area (Å²) < 4.78 is 21.0. The summed E-state index contributed by atoms with van der Waals surface area (Å²) >= 11 is 0. The molecular weight excluding hydrogens is 785 g/mol. The topological polar surface area (TPSA) is 148 Å². The average molecular weight is 831 g/mol. The van der Waals surface area contributed by atoms with E-state index < -0.39 is 12.2 Å². The number of phenolic OH excluding ortho intramolecular Hbond substituents is 1. The summed E-state index contributed by atoms with van der Waals surface area (Å²) in [7, 11) is 0. The summed E-state index contributed by atoms with van der Waals surface area (Å²) in [5.41, 5.74) is 6.57. The lowest BCUT2D eigenvalue weighted by molar-refractivity contribution is -0.128. The van der Waals surface area contributed by atoms with Gasteiger partial charge in [-0.2, -0.15) is 10.2 Å². The average Bonchev–Trinajstić information content (AvgIpc) is 4.14. The first-order chi connectivity index (χ1) is 30.4. The van der Waals surface area contributed by atoms with Crippen LogP contribution >= 0.6 is 0 Å². The molecular formula is C48H46N8O6. The third kappa shape index (κ3) is 9.25. The van der Waals surface area contributed by atoms with E-state index in [1.54, 1.807) is 30.6 Å². The van der Waals surface area contributed by atoms with Gasteiger partial charge in [0.05, 0.1) is 54.2 Å². The van der Waals surface area contributed by atoms with Crippen molar-refractivity contribution in [2.75, 3.05) is 41.4 Å². The SMILES string of the molecule is O=C(NC1CCOC1)C1CN(Cc2ccc(-n3cccn3)cc2)c2ccccc2O1.O=C(Nc1ccccc1O)C1CN(Cc2ccc(-n3cccn3)cc2)c2ccccc2O1. The van der Waals surface area contributed by atoms with Gasteiger partial charge in [0.2, 0.25) is 0 Å². The van der Waals surface area contributed by atoms with Crippen molar-refractivity contribution in [3.8, 4) is 28.6 Å². The van der Waals surface area contributed by atoms with E-state index in [-0.39, 0.29) is 23.6 Å². The van der Waals surface area contributed by atoms with Crippen molar-refractivity contribution in [1.29, 1.82) is 0 Å². The van der Waals surface area contributed by atoms with E-state index >= 15 is 0 Å². The van der Waals surface area contributed by atoms with Crippen LogP contribution in [0.3, 0.4) is 0 Å². The van der Waals surface area contributed by atoms with Gasteiger partial charge >= 0.3 is 0 Å². The van der Waals surface area contributed by atoms with Crippen LogP contribution in [0.1, 0.15) is 17.5 Å². The Hall–Kier alpha value is -7.58. The van der Waals surface area contributed by atoms with Gasteiger partial charge in [-0.25, -0.2) is 9.36 Å². The number of nitrogens with one attached hydrogen (secondary N) is 2. The molecule has 10 rings (SSSR count). The number of nitrogens with zero attached hydrogens (tertiary/aromatic N) is 6. The van der Waals surface area contributed by atoms with Gasteiger partial charge in [-0.3, -0.25) is 9.59 Å². The zero-order valence-electron chi connectivity index (χ0n) is 33.9. The molecule has 3 aliphatic rings. The maximum absolute atomic E-state index is 12.9. The number of aromatic nitrogens is 4. The van der Waals surface area contributed by atoms with Gasteiger partial charge in [0.1, 0.15) is 17.2 Å². The van der Waals surface area contributed by atoms with Crippen molar-refractivity contribution >= 4 is 28.9 Å². The smallest absolute Gasteiger partial charge is 0.267 e. The van der Waals surface area contributed by atoms with Gasteiger partial charge in [0.15, 0.2) is 12.2 Å². The van der Waals surface area contributed by atoms with E-state index in [1.165, 1.54) is 6.07 Å². The minimum atomic E-state index is -0.715. The van der Waals surface area contributed by atoms with Crippen molar-refractivity contribution < 1.29 is 28.9 Å². The predicted octanol–water partition coefficient (Wildman–Crippen LogP) is 6.53. The summed E-state index contributed by atoms with van der Waals surface area (Å²) in [6.45, 7) is 3.46. The molecule has 2 aromatic heterocycles. The van der Waals surface area contributed by atoms with Crippen LogP contribution < -0.4 is 29.9 Å². The Morgan fingerprint density at radius 1 is 0.629 bits per heavy atom. The number of anilines is 3. The van der Waals surface area contributed by atoms with Crippen LogP contribution in [-0.2, 0) is 27.4 Å². The highest BCUT2D eigenvalue weighted by Gasteiger charge is 2.33. The molecule has 1 saturated heterocycles. The van der Waals surface area contributed by atoms with Crippen molar-refractivity contribution in [3.05, 3.63) is 169 Å². The monoisotopic (exact) mass is 830 g/mol. The Bertz CT molecular complexity index is 2580. The number of aromatic hydroxyl groups is 1. The highest BCUT2D eigenvalue weighted by molar-refractivity contribution is 5.96. The molecule has 0 radical (unpaired) electrons. The van der Waals surface area contributed by atoms with Gasteiger partial charge < -0.3 is 39.8 Å². The number of hydrogen-bond acceptors (Lipinski definition) is 10. The van der Waals surface area contributed by atoms with Crippen LogP contribution in [0.4, 0.5) is 17.1 Å². The molecule has 1 fully saturated rings. The van der Waals surface area contributed by atoms with Crippen LogP contribution in [-0.4, -0.2) is 81.0 Å². The Labute approximate surface area is 358 Å². The number of ether oxygens (including phenoxy) is 3. The number of phenols is 1. The standard InChI is InChI=1S/C25H22N4O3.C23H24N4O3/c30-22-8-3-1-6-20(22)27-25(31)24-17-28(21-7-2-4-9-23(21)32-24)16-18-10-12-19(13-11-18)29-15-5-14-26-29;28-23(25-18-10-13-29-16-18)22-15-26(20-4-1-2-5-21(20)30-22)14-17-6-8-19(9-7-17)27-12-3-11-24-27/h1-15,24,30H,16-17H2,(H,27,31);1-9,11-12,18,22H,10,13-16H2,(H,25,28). The molecule has 0 spiro atoms. The summed E-state index contributed by atoms with van der Waals surface area (Å²) in [4.78, 5) is 30.1. The van der Waals surface area contributed by atoms with Crippen LogP contribution in [0, 0.1) is 0 Å². The van der Waals surface area contributed by atoms with E-state index in [1.807, 2.05) is 94.6 Å². The maximum Gasteiger partial charge on any atom is 0.267 e. The molecule has 314 valence electrons. The normalized spacial score (nSPS) is 17.6. The molecule has 3 aliphatic heterocycles. The number of hydrogen-bond donors (Lipinski definition) is 3. The number of amides is 2. The first-order valence-corrected chi connectivity index (χ1v) is 20.6. The predicted molar refractivity (Wildman–Crippen MR) is 235 cm³/mol. The van der Waals surface area contributed by atoms with Crippen LogP contribution in [0.15, 0.2) is 158 Å². The molecule has 5 aromatic carbocycles. The number of rotatable bonds is 10. The molecule has 0 aliphatic carbocycles. The molecule has 3 unspecified atom stereocenters. The highest BCUT2D eigenvalue weighted by Crippen LogP contribution is 2.36. The van der Waals surface area contributed by atoms with E-state index in [0.717, 1.165) is 46.0 Å². The minimum Gasteiger partial charge on any atom is -0.506 e. The van der Waals surface area contributed by atoms with E-state index in [0.29, 0.717) is 50.8 Å². The summed E-state index contributed by atoms with van der Waals surface area (Å²) in [5, 5.41) is 24.3. The number of benzene rings is 5. The lowest BCUT2D eigenvalue weighted by Crippen LogP contribution is -2.51. The van der Waals surface area contributed by atoms with Gasteiger partial charge in [-0.15, -0.1) is 0 Å².